The predicted octanol–water partition coefficient (Wildman–Crippen LogP) is 2.07. The fraction of sp³-hybridized carbons (Fsp3) is 0.625. The Bertz CT molecular complexity index is 455. The van der Waals surface area contributed by atoms with Gasteiger partial charge in [0.05, 0.1) is 7.11 Å². The van der Waals surface area contributed by atoms with E-state index in [2.05, 4.69) is 43.1 Å². The molecule has 0 saturated heterocycles. The standard InChI is InChI=1S/C16H27N3O/c1-18(2)16(8-5-9-16)12-19(3)15-10-14(20-4)7-6-13(15)11-17/h6-7,10H,5,8-9,11-12,17H2,1-4H3. The summed E-state index contributed by atoms with van der Waals surface area (Å²) in [6.45, 7) is 1.58. The predicted molar refractivity (Wildman–Crippen MR) is 84.4 cm³/mol. The number of rotatable bonds is 6. The topological polar surface area (TPSA) is 41.7 Å². The molecule has 2 N–H and O–H groups in total. The maximum atomic E-state index is 5.87. The lowest BCUT2D eigenvalue weighted by molar-refractivity contribution is 0.0683. The minimum Gasteiger partial charge on any atom is -0.497 e. The minimum atomic E-state index is 0.309. The smallest absolute Gasteiger partial charge is 0.120 e. The molecule has 0 unspecified atom stereocenters. The van der Waals surface area contributed by atoms with Crippen molar-refractivity contribution in [3.63, 3.8) is 0 Å². The molecule has 1 aliphatic rings. The van der Waals surface area contributed by atoms with Gasteiger partial charge in [0.1, 0.15) is 5.75 Å². The molecule has 0 radical (unpaired) electrons. The van der Waals surface area contributed by atoms with E-state index in [0.717, 1.165) is 12.3 Å². The summed E-state index contributed by atoms with van der Waals surface area (Å²) < 4.78 is 5.34. The normalized spacial score (nSPS) is 16.9. The van der Waals surface area contributed by atoms with Gasteiger partial charge in [-0.3, -0.25) is 0 Å². The molecule has 20 heavy (non-hydrogen) atoms. The van der Waals surface area contributed by atoms with Crippen molar-refractivity contribution in [3.05, 3.63) is 23.8 Å². The lowest BCUT2D eigenvalue weighted by atomic mass is 9.75. The molecule has 1 aromatic carbocycles. The number of methoxy groups -OCH3 is 1. The van der Waals surface area contributed by atoms with Crippen LogP contribution in [0, 0.1) is 0 Å². The quantitative estimate of drug-likeness (QED) is 0.864. The van der Waals surface area contributed by atoms with E-state index in [4.69, 9.17) is 10.5 Å². The SMILES string of the molecule is COc1ccc(CN)c(N(C)CC2(N(C)C)CCC2)c1. The van der Waals surface area contributed by atoms with Crippen LogP contribution >= 0.6 is 0 Å². The van der Waals surface area contributed by atoms with Gasteiger partial charge in [0.15, 0.2) is 0 Å². The van der Waals surface area contributed by atoms with Gasteiger partial charge < -0.3 is 20.3 Å². The first-order valence-corrected chi connectivity index (χ1v) is 7.28. The zero-order valence-corrected chi connectivity index (χ0v) is 13.1. The van der Waals surface area contributed by atoms with Gasteiger partial charge in [-0.15, -0.1) is 0 Å². The van der Waals surface area contributed by atoms with Crippen LogP contribution in [0.3, 0.4) is 0 Å². The van der Waals surface area contributed by atoms with E-state index >= 15 is 0 Å². The van der Waals surface area contributed by atoms with E-state index in [1.807, 2.05) is 6.07 Å². The first-order valence-electron chi connectivity index (χ1n) is 7.28. The molecule has 4 nitrogen and oxygen atoms in total. The van der Waals surface area contributed by atoms with E-state index < -0.39 is 0 Å². The summed E-state index contributed by atoms with van der Waals surface area (Å²) in [4.78, 5) is 4.69. The molecule has 0 amide bonds. The molecular weight excluding hydrogens is 250 g/mol. The Hall–Kier alpha value is -1.26. The molecule has 2 rings (SSSR count). The van der Waals surface area contributed by atoms with Crippen LogP contribution in [-0.4, -0.2) is 45.2 Å². The van der Waals surface area contributed by atoms with Crippen LogP contribution in [-0.2, 0) is 6.54 Å². The molecule has 0 aliphatic heterocycles. The number of ether oxygens (including phenoxy) is 1. The first-order chi connectivity index (χ1) is 9.52. The van der Waals surface area contributed by atoms with Crippen molar-refractivity contribution in [2.45, 2.75) is 31.3 Å². The Morgan fingerprint density at radius 3 is 2.40 bits per heavy atom. The molecule has 1 aliphatic carbocycles. The van der Waals surface area contributed by atoms with Crippen molar-refractivity contribution in [2.24, 2.45) is 5.73 Å². The number of nitrogens with two attached hydrogens (primary N) is 1. The molecule has 1 aromatic rings. The third-order valence-corrected chi connectivity index (χ3v) is 4.69. The molecule has 112 valence electrons. The van der Waals surface area contributed by atoms with Crippen LogP contribution < -0.4 is 15.4 Å². The van der Waals surface area contributed by atoms with Gasteiger partial charge in [0.2, 0.25) is 0 Å². The second-order valence-corrected chi connectivity index (χ2v) is 6.03. The van der Waals surface area contributed by atoms with Gasteiger partial charge in [-0.1, -0.05) is 6.07 Å². The number of hydrogen-bond acceptors (Lipinski definition) is 4. The fourth-order valence-corrected chi connectivity index (χ4v) is 3.06. The second-order valence-electron chi connectivity index (χ2n) is 6.03. The van der Waals surface area contributed by atoms with Crippen molar-refractivity contribution in [1.29, 1.82) is 0 Å². The largest absolute Gasteiger partial charge is 0.497 e. The summed E-state index contributed by atoms with van der Waals surface area (Å²) >= 11 is 0. The number of likely N-dealkylation sites (N-methyl/N-ethyl adjacent to an activating group) is 2. The molecule has 1 fully saturated rings. The van der Waals surface area contributed by atoms with Crippen LogP contribution in [0.5, 0.6) is 5.75 Å². The average Bonchev–Trinajstić information content (AvgIpc) is 2.41. The summed E-state index contributed by atoms with van der Waals surface area (Å²) in [7, 11) is 8.22. The van der Waals surface area contributed by atoms with Crippen molar-refractivity contribution in [2.75, 3.05) is 39.7 Å². The third-order valence-electron chi connectivity index (χ3n) is 4.69. The number of nitrogens with zero attached hydrogens (tertiary/aromatic N) is 2. The van der Waals surface area contributed by atoms with Gasteiger partial charge in [-0.05, 0) is 45.0 Å². The van der Waals surface area contributed by atoms with Gasteiger partial charge in [-0.25, -0.2) is 0 Å². The van der Waals surface area contributed by atoms with Crippen LogP contribution in [0.4, 0.5) is 5.69 Å². The highest BCUT2D eigenvalue weighted by molar-refractivity contribution is 5.57. The molecular formula is C16H27N3O. The Morgan fingerprint density at radius 1 is 1.25 bits per heavy atom. The Kier molecular flexibility index (Phi) is 4.55. The van der Waals surface area contributed by atoms with E-state index in [9.17, 15) is 0 Å². The first kappa shape index (κ1) is 15.1. The molecule has 0 heterocycles. The van der Waals surface area contributed by atoms with Gasteiger partial charge in [0, 0.05) is 37.4 Å². The molecule has 0 spiro atoms. The lowest BCUT2D eigenvalue weighted by Gasteiger charge is -2.49. The third kappa shape index (κ3) is 2.76. The van der Waals surface area contributed by atoms with Crippen molar-refractivity contribution in [3.8, 4) is 5.75 Å². The van der Waals surface area contributed by atoms with Gasteiger partial charge in [-0.2, -0.15) is 0 Å². The van der Waals surface area contributed by atoms with Crippen LogP contribution in [0.25, 0.3) is 0 Å². The zero-order valence-electron chi connectivity index (χ0n) is 13.1. The average molecular weight is 277 g/mol. The van der Waals surface area contributed by atoms with Gasteiger partial charge >= 0.3 is 0 Å². The summed E-state index contributed by atoms with van der Waals surface area (Å²) in [5.74, 6) is 0.886. The van der Waals surface area contributed by atoms with Crippen molar-refractivity contribution in [1.82, 2.24) is 4.90 Å². The molecule has 4 heteroatoms. The van der Waals surface area contributed by atoms with Crippen LogP contribution in [0.15, 0.2) is 18.2 Å². The highest BCUT2D eigenvalue weighted by Gasteiger charge is 2.40. The van der Waals surface area contributed by atoms with E-state index in [-0.39, 0.29) is 0 Å². The summed E-state index contributed by atoms with van der Waals surface area (Å²) in [6, 6.07) is 6.13. The van der Waals surface area contributed by atoms with E-state index in [1.54, 1.807) is 7.11 Å². The van der Waals surface area contributed by atoms with Gasteiger partial charge in [0.25, 0.3) is 0 Å². The van der Waals surface area contributed by atoms with Crippen LogP contribution in [0.2, 0.25) is 0 Å². The summed E-state index contributed by atoms with van der Waals surface area (Å²) in [5, 5.41) is 0. The van der Waals surface area contributed by atoms with E-state index in [1.165, 1.54) is 30.5 Å². The Balaban J connectivity index is 2.21. The summed E-state index contributed by atoms with van der Waals surface area (Å²) in [6.07, 6.45) is 3.87. The molecule has 0 atom stereocenters. The second kappa shape index (κ2) is 6.02. The Morgan fingerprint density at radius 2 is 1.95 bits per heavy atom. The van der Waals surface area contributed by atoms with Crippen LogP contribution in [0.1, 0.15) is 24.8 Å². The van der Waals surface area contributed by atoms with E-state index in [0.29, 0.717) is 12.1 Å². The Labute approximate surface area is 122 Å². The molecule has 1 saturated carbocycles. The molecule has 0 bridgehead atoms. The number of anilines is 1. The lowest BCUT2D eigenvalue weighted by Crippen LogP contribution is -2.56. The summed E-state index contributed by atoms with van der Waals surface area (Å²) in [5.41, 5.74) is 8.53. The van der Waals surface area contributed by atoms with Crippen molar-refractivity contribution < 1.29 is 4.74 Å². The zero-order chi connectivity index (χ0) is 14.8. The highest BCUT2D eigenvalue weighted by atomic mass is 16.5. The number of benzene rings is 1. The maximum absolute atomic E-state index is 5.87. The highest BCUT2D eigenvalue weighted by Crippen LogP contribution is 2.38. The van der Waals surface area contributed by atoms with Crippen molar-refractivity contribution >= 4 is 5.69 Å². The maximum Gasteiger partial charge on any atom is 0.120 e. The number of hydrogen-bond donors (Lipinski definition) is 1. The molecule has 0 aromatic heterocycles. The monoisotopic (exact) mass is 277 g/mol. The minimum absolute atomic E-state index is 0.309. The fourth-order valence-electron chi connectivity index (χ4n) is 3.06.